The maximum Gasteiger partial charge on any atom is 0.330 e. The molecule has 4 nitrogen and oxygen atoms in total. The zero-order valence-corrected chi connectivity index (χ0v) is 16.9. The zero-order chi connectivity index (χ0) is 18.1. The van der Waals surface area contributed by atoms with Crippen molar-refractivity contribution in [3.63, 3.8) is 0 Å². The van der Waals surface area contributed by atoms with Crippen molar-refractivity contribution in [3.05, 3.63) is 45.9 Å². The van der Waals surface area contributed by atoms with Crippen molar-refractivity contribution in [2.75, 3.05) is 13.2 Å². The van der Waals surface area contributed by atoms with Gasteiger partial charge in [0.05, 0.1) is 9.16 Å². The van der Waals surface area contributed by atoms with E-state index < -0.39 is 0 Å². The van der Waals surface area contributed by atoms with Crippen LogP contribution in [0.15, 0.2) is 45.9 Å². The van der Waals surface area contributed by atoms with Gasteiger partial charge in [0, 0.05) is 22.0 Å². The number of hydrogen-bond donors (Lipinski definition) is 0. The lowest BCUT2D eigenvalue weighted by atomic mass is 10.3. The molecule has 2 aliphatic rings. The smallest absolute Gasteiger partial charge is 0.330 e. The summed E-state index contributed by atoms with van der Waals surface area (Å²) in [5, 5.41) is 4.16. The van der Waals surface area contributed by atoms with E-state index in [0.717, 1.165) is 29.1 Å². The van der Waals surface area contributed by atoms with Gasteiger partial charge in [0.25, 0.3) is 0 Å². The third kappa shape index (κ3) is 7.60. The summed E-state index contributed by atoms with van der Waals surface area (Å²) in [4.78, 5) is 24.3. The van der Waals surface area contributed by atoms with Crippen LogP contribution >= 0.6 is 47.0 Å². The molecule has 0 bridgehead atoms. The first-order valence-corrected chi connectivity index (χ1v) is 11.4. The molecule has 0 N–H and O–H groups in total. The molecule has 0 spiro atoms. The van der Waals surface area contributed by atoms with Crippen molar-refractivity contribution >= 4 is 59.0 Å². The Morgan fingerprint density at radius 3 is 1.76 bits per heavy atom. The highest BCUT2D eigenvalue weighted by molar-refractivity contribution is 8.23. The average Bonchev–Trinajstić information content (AvgIpc) is 3.27. The predicted octanol–water partition coefficient (Wildman–Crippen LogP) is 4.91. The Balaban J connectivity index is 1.54. The molecule has 0 aliphatic carbocycles. The van der Waals surface area contributed by atoms with Crippen LogP contribution in [0.25, 0.3) is 0 Å². The second kappa shape index (κ2) is 11.1. The third-order valence-electron chi connectivity index (χ3n) is 3.19. The molecule has 0 aromatic carbocycles. The Labute approximate surface area is 165 Å². The van der Waals surface area contributed by atoms with Crippen LogP contribution in [0.2, 0.25) is 0 Å². The van der Waals surface area contributed by atoms with Gasteiger partial charge >= 0.3 is 11.9 Å². The fourth-order valence-corrected chi connectivity index (χ4v) is 7.14. The van der Waals surface area contributed by atoms with Crippen molar-refractivity contribution < 1.29 is 19.1 Å². The van der Waals surface area contributed by atoms with Gasteiger partial charge < -0.3 is 9.47 Å². The van der Waals surface area contributed by atoms with Crippen molar-refractivity contribution in [1.82, 2.24) is 0 Å². The zero-order valence-electron chi connectivity index (χ0n) is 13.7. The number of ether oxygens (including phenoxy) is 2. The van der Waals surface area contributed by atoms with Crippen LogP contribution in [0.5, 0.6) is 0 Å². The van der Waals surface area contributed by atoms with Crippen LogP contribution in [-0.2, 0) is 19.1 Å². The summed E-state index contributed by atoms with van der Waals surface area (Å²) in [6.07, 6.45) is 5.73. The topological polar surface area (TPSA) is 52.6 Å². The number of carbonyl (C=O) groups excluding carboxylic acids is 2. The second-order valence-corrected chi connectivity index (χ2v) is 10.5. The summed E-state index contributed by atoms with van der Waals surface area (Å²) in [5.41, 5.74) is 0. The summed E-state index contributed by atoms with van der Waals surface area (Å²) >= 11 is 7.15. The van der Waals surface area contributed by atoms with E-state index in [-0.39, 0.29) is 11.9 Å². The van der Waals surface area contributed by atoms with Gasteiger partial charge in [-0.1, -0.05) is 13.2 Å². The standard InChI is InChI=1S/C17H20O4S4/c1-3-14(18)20-8-12-10-22-16(24-12)6-5-7-17-23-11-13(25-17)9-21-15(19)4-2/h3-4,10-11,16-17H,1-2,5-9H2. The molecule has 2 aliphatic heterocycles. The Kier molecular flexibility index (Phi) is 9.16. The fourth-order valence-electron chi connectivity index (χ4n) is 2.00. The quantitative estimate of drug-likeness (QED) is 0.368. The molecule has 0 radical (unpaired) electrons. The monoisotopic (exact) mass is 416 g/mol. The molecular formula is C17H20O4S4. The first-order chi connectivity index (χ1) is 12.1. The van der Waals surface area contributed by atoms with Gasteiger partial charge in [-0.25, -0.2) is 9.59 Å². The number of rotatable bonds is 10. The molecule has 136 valence electrons. The van der Waals surface area contributed by atoms with Crippen molar-refractivity contribution in [2.45, 2.75) is 28.4 Å². The van der Waals surface area contributed by atoms with Gasteiger partial charge in [-0.15, -0.1) is 47.0 Å². The lowest BCUT2D eigenvalue weighted by molar-refractivity contribution is -0.137. The lowest BCUT2D eigenvalue weighted by Gasteiger charge is -2.12. The van der Waals surface area contributed by atoms with E-state index in [9.17, 15) is 9.59 Å². The van der Waals surface area contributed by atoms with Gasteiger partial charge in [0.15, 0.2) is 0 Å². The molecule has 2 unspecified atom stereocenters. The molecule has 0 amide bonds. The van der Waals surface area contributed by atoms with Crippen LogP contribution in [0.3, 0.4) is 0 Å². The molecule has 25 heavy (non-hydrogen) atoms. The number of esters is 2. The number of hydrogen-bond acceptors (Lipinski definition) is 8. The van der Waals surface area contributed by atoms with Crippen LogP contribution in [0.1, 0.15) is 19.3 Å². The molecule has 2 rings (SSSR count). The highest BCUT2D eigenvalue weighted by Gasteiger charge is 2.22. The highest BCUT2D eigenvalue weighted by atomic mass is 32.2. The van der Waals surface area contributed by atoms with Crippen LogP contribution in [0.4, 0.5) is 0 Å². The van der Waals surface area contributed by atoms with Gasteiger partial charge in [0.2, 0.25) is 0 Å². The number of thioether (sulfide) groups is 4. The molecule has 2 heterocycles. The summed E-state index contributed by atoms with van der Waals surface area (Å²) in [6.45, 7) is 7.45. The predicted molar refractivity (Wildman–Crippen MR) is 110 cm³/mol. The summed E-state index contributed by atoms with van der Waals surface area (Å²) < 4.78 is 11.1. The molecule has 0 saturated heterocycles. The minimum atomic E-state index is -0.382. The minimum absolute atomic E-state index is 0.337. The van der Waals surface area contributed by atoms with E-state index >= 15 is 0 Å². The van der Waals surface area contributed by atoms with Crippen LogP contribution in [-0.4, -0.2) is 34.3 Å². The minimum Gasteiger partial charge on any atom is -0.457 e. The Bertz CT molecular complexity index is 535. The molecule has 8 heteroatoms. The van der Waals surface area contributed by atoms with Gasteiger partial charge in [0.1, 0.15) is 13.2 Å². The normalized spacial score (nSPS) is 22.1. The fraction of sp³-hybridized carbons (Fsp3) is 0.412. The molecule has 2 atom stereocenters. The first kappa shape index (κ1) is 20.6. The summed E-state index contributed by atoms with van der Waals surface area (Å²) in [6, 6.07) is 0. The third-order valence-corrected chi connectivity index (χ3v) is 8.73. The van der Waals surface area contributed by atoms with Gasteiger partial charge in [-0.3, -0.25) is 0 Å². The lowest BCUT2D eigenvalue weighted by Crippen LogP contribution is -2.03. The van der Waals surface area contributed by atoms with Crippen molar-refractivity contribution in [2.24, 2.45) is 0 Å². The maximum atomic E-state index is 11.1. The maximum absolute atomic E-state index is 11.1. The van der Waals surface area contributed by atoms with Gasteiger partial charge in [-0.2, -0.15) is 0 Å². The number of carbonyl (C=O) groups is 2. The first-order valence-electron chi connectivity index (χ1n) is 7.71. The second-order valence-electron chi connectivity index (χ2n) is 5.09. The van der Waals surface area contributed by atoms with E-state index in [1.807, 2.05) is 0 Å². The summed E-state index contributed by atoms with van der Waals surface area (Å²) in [7, 11) is 0. The SMILES string of the molecule is C=CC(=O)OCC1=CSC(CCCC2SC=C(COC(=O)C=C)S2)S1. The molecule has 0 fully saturated rings. The van der Waals surface area contributed by atoms with Crippen molar-refractivity contribution in [1.29, 1.82) is 0 Å². The Hall–Kier alpha value is -0.700. The Morgan fingerprint density at radius 1 is 0.920 bits per heavy atom. The Morgan fingerprint density at radius 2 is 1.36 bits per heavy atom. The molecule has 0 saturated carbocycles. The highest BCUT2D eigenvalue weighted by Crippen LogP contribution is 2.45. The van der Waals surface area contributed by atoms with E-state index in [0.29, 0.717) is 22.4 Å². The van der Waals surface area contributed by atoms with Gasteiger partial charge in [-0.05, 0) is 30.1 Å². The van der Waals surface area contributed by atoms with E-state index in [2.05, 4.69) is 24.0 Å². The van der Waals surface area contributed by atoms with Crippen LogP contribution < -0.4 is 0 Å². The summed E-state index contributed by atoms with van der Waals surface area (Å²) in [5.74, 6) is -0.764. The molecule has 0 aromatic rings. The molecule has 0 aromatic heterocycles. The van der Waals surface area contributed by atoms with E-state index in [1.54, 1.807) is 47.0 Å². The molecular weight excluding hydrogens is 396 g/mol. The van der Waals surface area contributed by atoms with E-state index in [4.69, 9.17) is 9.47 Å². The van der Waals surface area contributed by atoms with Crippen molar-refractivity contribution in [3.8, 4) is 0 Å². The van der Waals surface area contributed by atoms with Crippen LogP contribution in [0, 0.1) is 0 Å². The average molecular weight is 417 g/mol. The van der Waals surface area contributed by atoms with E-state index in [1.165, 1.54) is 12.2 Å². The largest absolute Gasteiger partial charge is 0.457 e.